The number of para-hydroxylation sites is 1. The van der Waals surface area contributed by atoms with E-state index in [0.29, 0.717) is 0 Å². The lowest BCUT2D eigenvalue weighted by atomic mass is 9.95. The van der Waals surface area contributed by atoms with Crippen molar-refractivity contribution in [2.75, 3.05) is 17.1 Å². The van der Waals surface area contributed by atoms with Crippen LogP contribution in [0, 0.1) is 0 Å². The van der Waals surface area contributed by atoms with Crippen molar-refractivity contribution < 1.29 is 18.0 Å². The summed E-state index contributed by atoms with van der Waals surface area (Å²) in [5, 5.41) is 3.30. The fraction of sp³-hybridized carbons (Fsp3) is 0.440. The smallest absolute Gasteiger partial charge is 0.244 e. The Morgan fingerprint density at radius 3 is 2.31 bits per heavy atom. The van der Waals surface area contributed by atoms with Gasteiger partial charge in [0.15, 0.2) is 0 Å². The summed E-state index contributed by atoms with van der Waals surface area (Å²) < 4.78 is 27.1. The van der Waals surface area contributed by atoms with Crippen molar-refractivity contribution >= 4 is 55.1 Å². The zero-order valence-electron chi connectivity index (χ0n) is 19.9. The van der Waals surface area contributed by atoms with Gasteiger partial charge in [-0.05, 0) is 49.6 Å². The maximum atomic E-state index is 13.6. The van der Waals surface area contributed by atoms with Crippen molar-refractivity contribution in [1.29, 1.82) is 0 Å². The molecule has 1 aliphatic carbocycles. The lowest BCUT2D eigenvalue weighted by Gasteiger charge is -2.33. The van der Waals surface area contributed by atoms with Gasteiger partial charge in [-0.25, -0.2) is 8.42 Å². The van der Waals surface area contributed by atoms with Crippen LogP contribution in [0.15, 0.2) is 53.0 Å². The lowest BCUT2D eigenvalue weighted by molar-refractivity contribution is -0.139. The van der Waals surface area contributed by atoms with E-state index < -0.39 is 28.5 Å². The Kier molecular flexibility index (Phi) is 9.61. The first-order valence-corrected chi connectivity index (χ1v) is 14.6. The molecule has 0 aromatic heterocycles. The number of anilines is 1. The summed E-state index contributed by atoms with van der Waals surface area (Å²) in [6, 6.07) is 13.2. The van der Waals surface area contributed by atoms with E-state index in [-0.39, 0.29) is 29.2 Å². The third-order valence-corrected chi connectivity index (χ3v) is 8.16. The highest BCUT2D eigenvalue weighted by molar-refractivity contribution is 9.10. The number of nitrogens with zero attached hydrogens (tertiary/aromatic N) is 2. The molecule has 0 aliphatic heterocycles. The number of carbonyl (C=O) groups is 2. The number of nitrogens with one attached hydrogen (secondary N) is 1. The van der Waals surface area contributed by atoms with Crippen molar-refractivity contribution in [3.05, 3.63) is 63.6 Å². The molecular weight excluding hydrogens is 554 g/mol. The molecule has 0 unspecified atom stereocenters. The number of benzene rings is 2. The Balaban J connectivity index is 1.87. The average Bonchev–Trinajstić information content (AvgIpc) is 2.82. The highest BCUT2D eigenvalue weighted by Gasteiger charge is 2.31. The van der Waals surface area contributed by atoms with E-state index in [2.05, 4.69) is 21.2 Å². The second kappa shape index (κ2) is 12.2. The molecule has 1 aliphatic rings. The van der Waals surface area contributed by atoms with Crippen molar-refractivity contribution in [3.8, 4) is 0 Å². The van der Waals surface area contributed by atoms with Gasteiger partial charge in [0.25, 0.3) is 0 Å². The third kappa shape index (κ3) is 7.69. The van der Waals surface area contributed by atoms with Gasteiger partial charge >= 0.3 is 0 Å². The summed E-state index contributed by atoms with van der Waals surface area (Å²) >= 11 is 9.66. The van der Waals surface area contributed by atoms with Gasteiger partial charge in [-0.15, -0.1) is 0 Å². The van der Waals surface area contributed by atoms with Gasteiger partial charge in [0, 0.05) is 17.1 Å². The van der Waals surface area contributed by atoms with Crippen LogP contribution in [0.5, 0.6) is 0 Å². The topological polar surface area (TPSA) is 86.8 Å². The quantitative estimate of drug-likeness (QED) is 0.462. The summed E-state index contributed by atoms with van der Waals surface area (Å²) in [6.07, 6.45) is 6.19. The number of rotatable bonds is 9. The molecule has 0 saturated heterocycles. The van der Waals surface area contributed by atoms with Crippen molar-refractivity contribution in [2.45, 2.75) is 57.7 Å². The van der Waals surface area contributed by atoms with Crippen LogP contribution in [0.25, 0.3) is 0 Å². The first kappa shape index (κ1) is 27.5. The summed E-state index contributed by atoms with van der Waals surface area (Å²) in [7, 11) is -3.82. The summed E-state index contributed by atoms with van der Waals surface area (Å²) in [6.45, 7) is 1.36. The Morgan fingerprint density at radius 2 is 1.71 bits per heavy atom. The third-order valence-electron chi connectivity index (χ3n) is 6.19. The Labute approximate surface area is 221 Å². The van der Waals surface area contributed by atoms with E-state index in [1.54, 1.807) is 31.2 Å². The molecule has 10 heteroatoms. The van der Waals surface area contributed by atoms with Crippen LogP contribution >= 0.6 is 27.5 Å². The fourth-order valence-electron chi connectivity index (χ4n) is 4.19. The van der Waals surface area contributed by atoms with Gasteiger partial charge in [0.05, 0.1) is 17.0 Å². The molecule has 1 atom stereocenters. The molecule has 2 aromatic rings. The standard InChI is InChI=1S/C25H31BrClN3O4S/c1-18(25(32)28-21-8-4-3-5-9-21)29(16-19-12-14-20(26)15-13-19)24(31)17-30(35(2,33)34)23-11-7-6-10-22(23)27/h6-7,10-15,18,21H,3-5,8-9,16-17H2,1-2H3,(H,28,32)/t18-/m0/s1. The van der Waals surface area contributed by atoms with E-state index in [9.17, 15) is 18.0 Å². The fourth-order valence-corrected chi connectivity index (χ4v) is 5.60. The number of amides is 2. The normalized spacial score (nSPS) is 15.3. The van der Waals surface area contributed by atoms with Gasteiger partial charge in [-0.3, -0.25) is 13.9 Å². The van der Waals surface area contributed by atoms with E-state index in [0.717, 1.165) is 46.3 Å². The largest absolute Gasteiger partial charge is 0.352 e. The molecule has 0 bridgehead atoms. The minimum atomic E-state index is -3.82. The molecule has 7 nitrogen and oxygen atoms in total. The molecule has 3 rings (SSSR count). The zero-order chi connectivity index (χ0) is 25.6. The highest BCUT2D eigenvalue weighted by atomic mass is 79.9. The molecule has 2 amide bonds. The van der Waals surface area contributed by atoms with Gasteiger partial charge in [0.2, 0.25) is 21.8 Å². The second-order valence-electron chi connectivity index (χ2n) is 8.89. The summed E-state index contributed by atoms with van der Waals surface area (Å²) in [5.74, 6) is -0.740. The van der Waals surface area contributed by atoms with Crippen LogP contribution in [0.4, 0.5) is 5.69 Å². The number of hydrogen-bond acceptors (Lipinski definition) is 4. The van der Waals surface area contributed by atoms with Crippen LogP contribution in [-0.2, 0) is 26.2 Å². The molecule has 1 saturated carbocycles. The second-order valence-corrected chi connectivity index (χ2v) is 12.1. The van der Waals surface area contributed by atoms with Gasteiger partial charge in [-0.1, -0.05) is 71.1 Å². The maximum Gasteiger partial charge on any atom is 0.244 e. The van der Waals surface area contributed by atoms with E-state index >= 15 is 0 Å². The molecule has 2 aromatic carbocycles. The average molecular weight is 585 g/mol. The number of carbonyl (C=O) groups excluding carboxylic acids is 2. The van der Waals surface area contributed by atoms with Crippen LogP contribution in [0.1, 0.15) is 44.6 Å². The Morgan fingerprint density at radius 1 is 1.09 bits per heavy atom. The Bertz CT molecular complexity index is 1140. The van der Waals surface area contributed by atoms with Gasteiger partial charge in [0.1, 0.15) is 12.6 Å². The van der Waals surface area contributed by atoms with Gasteiger partial charge in [-0.2, -0.15) is 0 Å². The number of halogens is 2. The molecule has 35 heavy (non-hydrogen) atoms. The molecule has 0 spiro atoms. The van der Waals surface area contributed by atoms with Crippen LogP contribution < -0.4 is 9.62 Å². The minimum absolute atomic E-state index is 0.0963. The molecule has 1 fully saturated rings. The van der Waals surface area contributed by atoms with E-state index in [1.807, 2.05) is 24.3 Å². The van der Waals surface area contributed by atoms with Gasteiger partial charge < -0.3 is 10.2 Å². The number of sulfonamides is 1. The van der Waals surface area contributed by atoms with Crippen molar-refractivity contribution in [2.24, 2.45) is 0 Å². The first-order valence-electron chi connectivity index (χ1n) is 11.6. The Hall–Kier alpha value is -2.10. The SMILES string of the molecule is C[C@@H](C(=O)NC1CCCCC1)N(Cc1ccc(Br)cc1)C(=O)CN(c1ccccc1Cl)S(C)(=O)=O. The van der Waals surface area contributed by atoms with E-state index in [4.69, 9.17) is 11.6 Å². The minimum Gasteiger partial charge on any atom is -0.352 e. The monoisotopic (exact) mass is 583 g/mol. The van der Waals surface area contributed by atoms with Crippen LogP contribution in [-0.4, -0.2) is 50.0 Å². The van der Waals surface area contributed by atoms with Crippen LogP contribution in [0.2, 0.25) is 5.02 Å². The predicted octanol–water partition coefficient (Wildman–Crippen LogP) is 4.73. The van der Waals surface area contributed by atoms with Crippen LogP contribution in [0.3, 0.4) is 0 Å². The molecule has 0 heterocycles. The molecule has 1 N–H and O–H groups in total. The van der Waals surface area contributed by atoms with Crippen molar-refractivity contribution in [3.63, 3.8) is 0 Å². The lowest BCUT2D eigenvalue weighted by Crippen LogP contribution is -2.53. The molecule has 190 valence electrons. The summed E-state index contributed by atoms with van der Waals surface area (Å²) in [4.78, 5) is 28.2. The molecule has 0 radical (unpaired) electrons. The predicted molar refractivity (Wildman–Crippen MR) is 143 cm³/mol. The zero-order valence-corrected chi connectivity index (χ0v) is 23.1. The first-order chi connectivity index (χ1) is 16.6. The highest BCUT2D eigenvalue weighted by Crippen LogP contribution is 2.27. The van der Waals surface area contributed by atoms with Crippen molar-refractivity contribution in [1.82, 2.24) is 10.2 Å². The molecular formula is C25H31BrClN3O4S. The van der Waals surface area contributed by atoms with E-state index in [1.165, 1.54) is 11.3 Å². The summed E-state index contributed by atoms with van der Waals surface area (Å²) in [5.41, 5.74) is 1.04. The number of hydrogen-bond donors (Lipinski definition) is 1. The maximum absolute atomic E-state index is 13.6.